The van der Waals surface area contributed by atoms with Crippen LogP contribution in [0.15, 0.2) is 30.3 Å². The number of hydrogen-bond acceptors (Lipinski definition) is 2. The van der Waals surface area contributed by atoms with Crippen LogP contribution in [-0.2, 0) is 0 Å². The van der Waals surface area contributed by atoms with Crippen LogP contribution in [0.2, 0.25) is 0 Å². The van der Waals surface area contributed by atoms with Crippen molar-refractivity contribution in [3.05, 3.63) is 35.9 Å². The van der Waals surface area contributed by atoms with Gasteiger partial charge in [-0.25, -0.2) is 0 Å². The van der Waals surface area contributed by atoms with Crippen LogP contribution in [0.5, 0.6) is 0 Å². The monoisotopic (exact) mass is 258 g/mol. The largest absolute Gasteiger partial charge is 0.312 e. The van der Waals surface area contributed by atoms with Crippen LogP contribution in [0, 0.1) is 5.92 Å². The molecule has 0 radical (unpaired) electrons. The highest BCUT2D eigenvalue weighted by molar-refractivity contribution is 5.20. The highest BCUT2D eigenvalue weighted by Crippen LogP contribution is 2.29. The lowest BCUT2D eigenvalue weighted by atomic mass is 10.0. The Hall–Kier alpha value is -0.860. The van der Waals surface area contributed by atoms with E-state index in [4.69, 9.17) is 0 Å². The average molecular weight is 258 g/mol. The van der Waals surface area contributed by atoms with Gasteiger partial charge in [-0.1, -0.05) is 43.7 Å². The Morgan fingerprint density at radius 1 is 1.21 bits per heavy atom. The van der Waals surface area contributed by atoms with E-state index in [0.29, 0.717) is 6.04 Å². The summed E-state index contributed by atoms with van der Waals surface area (Å²) in [5.74, 6) is 0.909. The Morgan fingerprint density at radius 2 is 2.00 bits per heavy atom. The van der Waals surface area contributed by atoms with E-state index in [2.05, 4.69) is 47.5 Å². The van der Waals surface area contributed by atoms with Gasteiger partial charge in [-0.2, -0.15) is 0 Å². The van der Waals surface area contributed by atoms with Crippen molar-refractivity contribution in [3.8, 4) is 0 Å². The second kappa shape index (κ2) is 6.06. The zero-order valence-corrected chi connectivity index (χ0v) is 12.0. The molecule has 0 bridgehead atoms. The summed E-state index contributed by atoms with van der Waals surface area (Å²) in [4.78, 5) is 2.69. The molecule has 2 fully saturated rings. The van der Waals surface area contributed by atoms with Gasteiger partial charge in [0, 0.05) is 25.2 Å². The van der Waals surface area contributed by atoms with Gasteiger partial charge in [-0.3, -0.25) is 4.90 Å². The summed E-state index contributed by atoms with van der Waals surface area (Å²) < 4.78 is 0. The Kier molecular flexibility index (Phi) is 4.19. The van der Waals surface area contributed by atoms with Gasteiger partial charge in [0.25, 0.3) is 0 Å². The van der Waals surface area contributed by atoms with E-state index in [1.54, 1.807) is 0 Å². The highest BCUT2D eigenvalue weighted by Gasteiger charge is 2.29. The molecule has 1 saturated carbocycles. The smallest absolute Gasteiger partial charge is 0.0472 e. The fourth-order valence-corrected chi connectivity index (χ4v) is 3.18. The molecule has 1 N–H and O–H groups in total. The van der Waals surface area contributed by atoms with Crippen molar-refractivity contribution in [1.82, 2.24) is 10.2 Å². The third kappa shape index (κ3) is 3.37. The first kappa shape index (κ1) is 13.1. The van der Waals surface area contributed by atoms with Gasteiger partial charge >= 0.3 is 0 Å². The van der Waals surface area contributed by atoms with Gasteiger partial charge in [-0.15, -0.1) is 0 Å². The maximum Gasteiger partial charge on any atom is 0.0472 e. The molecule has 1 aromatic carbocycles. The molecule has 0 aromatic heterocycles. The first-order chi connectivity index (χ1) is 9.36. The zero-order chi connectivity index (χ0) is 13.1. The van der Waals surface area contributed by atoms with Crippen molar-refractivity contribution in [2.75, 3.05) is 19.6 Å². The van der Waals surface area contributed by atoms with Crippen molar-refractivity contribution in [2.45, 2.75) is 44.7 Å². The lowest BCUT2D eigenvalue weighted by Gasteiger charge is -2.29. The molecule has 1 heterocycles. The molecule has 2 atom stereocenters. The number of benzene rings is 1. The van der Waals surface area contributed by atoms with Crippen LogP contribution >= 0.6 is 0 Å². The number of hydrogen-bond donors (Lipinski definition) is 1. The summed E-state index contributed by atoms with van der Waals surface area (Å²) in [5.41, 5.74) is 1.48. The minimum Gasteiger partial charge on any atom is -0.312 e. The molecule has 0 amide bonds. The first-order valence-electron chi connectivity index (χ1n) is 7.89. The minimum atomic E-state index is 0.568. The molecule has 2 unspecified atom stereocenters. The molecule has 1 aliphatic heterocycles. The van der Waals surface area contributed by atoms with Crippen LogP contribution in [-0.4, -0.2) is 30.6 Å². The second-order valence-corrected chi connectivity index (χ2v) is 6.17. The molecular formula is C17H26N2. The summed E-state index contributed by atoms with van der Waals surface area (Å²) in [5, 5.41) is 3.72. The third-order valence-corrected chi connectivity index (χ3v) is 4.70. The van der Waals surface area contributed by atoms with E-state index in [-0.39, 0.29) is 0 Å². The molecule has 19 heavy (non-hydrogen) atoms. The molecular weight excluding hydrogens is 232 g/mol. The summed E-state index contributed by atoms with van der Waals surface area (Å²) in [6, 6.07) is 12.4. The summed E-state index contributed by atoms with van der Waals surface area (Å²) in [6.07, 6.45) is 5.45. The number of nitrogens with one attached hydrogen (secondary N) is 1. The van der Waals surface area contributed by atoms with Gasteiger partial charge in [-0.05, 0) is 37.3 Å². The molecule has 2 nitrogen and oxygen atoms in total. The van der Waals surface area contributed by atoms with E-state index >= 15 is 0 Å². The number of likely N-dealkylation sites (tertiary alicyclic amines) is 1. The number of rotatable bonds is 6. The van der Waals surface area contributed by atoms with E-state index in [9.17, 15) is 0 Å². The maximum atomic E-state index is 3.72. The normalized spacial score (nSPS) is 25.6. The van der Waals surface area contributed by atoms with Crippen LogP contribution in [0.3, 0.4) is 0 Å². The van der Waals surface area contributed by atoms with Gasteiger partial charge in [0.1, 0.15) is 0 Å². The van der Waals surface area contributed by atoms with Crippen LogP contribution < -0.4 is 5.32 Å². The van der Waals surface area contributed by atoms with E-state index in [0.717, 1.165) is 18.5 Å². The maximum absolute atomic E-state index is 3.72. The van der Waals surface area contributed by atoms with Crippen molar-refractivity contribution < 1.29 is 0 Å². The highest BCUT2D eigenvalue weighted by atomic mass is 15.2. The minimum absolute atomic E-state index is 0.568. The number of nitrogens with zero attached hydrogens (tertiary/aromatic N) is 1. The van der Waals surface area contributed by atoms with Crippen molar-refractivity contribution >= 4 is 0 Å². The zero-order valence-electron chi connectivity index (χ0n) is 12.0. The fraction of sp³-hybridized carbons (Fsp3) is 0.647. The summed E-state index contributed by atoms with van der Waals surface area (Å²) >= 11 is 0. The molecule has 0 spiro atoms. The van der Waals surface area contributed by atoms with E-state index in [1.807, 2.05) is 0 Å². The quantitative estimate of drug-likeness (QED) is 0.843. The molecule has 2 heteroatoms. The predicted molar refractivity (Wildman–Crippen MR) is 80.2 cm³/mol. The van der Waals surface area contributed by atoms with Gasteiger partial charge < -0.3 is 5.32 Å². The molecule has 104 valence electrons. The Bertz CT molecular complexity index is 386. The standard InChI is InChI=1S/C17H26N2/c1-2-14-10-11-19(13-14)17(12-18-16-8-9-16)15-6-4-3-5-7-15/h3-7,14,16-18H,2,8-13H2,1H3. The fourth-order valence-electron chi connectivity index (χ4n) is 3.18. The Morgan fingerprint density at radius 3 is 2.63 bits per heavy atom. The molecule has 3 rings (SSSR count). The SMILES string of the molecule is CCC1CCN(C(CNC2CC2)c2ccccc2)C1. The van der Waals surface area contributed by atoms with Gasteiger partial charge in [0.15, 0.2) is 0 Å². The third-order valence-electron chi connectivity index (χ3n) is 4.70. The van der Waals surface area contributed by atoms with Crippen molar-refractivity contribution in [3.63, 3.8) is 0 Å². The summed E-state index contributed by atoms with van der Waals surface area (Å²) in [6.45, 7) is 5.99. The van der Waals surface area contributed by atoms with Crippen LogP contribution in [0.1, 0.15) is 44.2 Å². The predicted octanol–water partition coefficient (Wildman–Crippen LogP) is 3.21. The summed E-state index contributed by atoms with van der Waals surface area (Å²) in [7, 11) is 0. The average Bonchev–Trinajstić information content (AvgIpc) is 3.16. The topological polar surface area (TPSA) is 15.3 Å². The van der Waals surface area contributed by atoms with E-state index < -0.39 is 0 Å². The van der Waals surface area contributed by atoms with Gasteiger partial charge in [0.05, 0.1) is 0 Å². The lowest BCUT2D eigenvalue weighted by Crippen LogP contribution is -2.35. The second-order valence-electron chi connectivity index (χ2n) is 6.17. The Balaban J connectivity index is 1.68. The van der Waals surface area contributed by atoms with Crippen molar-refractivity contribution in [2.24, 2.45) is 5.92 Å². The molecule has 1 aromatic rings. The molecule has 1 saturated heterocycles. The lowest BCUT2D eigenvalue weighted by molar-refractivity contribution is 0.228. The van der Waals surface area contributed by atoms with E-state index in [1.165, 1.54) is 44.3 Å². The first-order valence-corrected chi connectivity index (χ1v) is 7.89. The Labute approximate surface area is 117 Å². The van der Waals surface area contributed by atoms with Crippen molar-refractivity contribution in [1.29, 1.82) is 0 Å². The van der Waals surface area contributed by atoms with Crippen LogP contribution in [0.25, 0.3) is 0 Å². The molecule has 1 aliphatic carbocycles. The van der Waals surface area contributed by atoms with Gasteiger partial charge in [0.2, 0.25) is 0 Å². The van der Waals surface area contributed by atoms with Crippen LogP contribution in [0.4, 0.5) is 0 Å². The molecule has 2 aliphatic rings.